The van der Waals surface area contributed by atoms with Gasteiger partial charge in [0.1, 0.15) is 12.4 Å². The maximum atomic E-state index is 6.20. The topological polar surface area (TPSA) is 48.2 Å². The third-order valence-corrected chi connectivity index (χ3v) is 6.46. The van der Waals surface area contributed by atoms with E-state index in [1.807, 2.05) is 42.5 Å². The second-order valence-corrected chi connectivity index (χ2v) is 9.05. The number of hydrogen-bond donors (Lipinski definition) is 0. The number of halogens is 4. The molecule has 9 heteroatoms. The second kappa shape index (κ2) is 10.2. The number of aromatic nitrogens is 2. The van der Waals surface area contributed by atoms with Crippen LogP contribution in [0.2, 0.25) is 20.1 Å². The summed E-state index contributed by atoms with van der Waals surface area (Å²) in [6.07, 6.45) is 0. The van der Waals surface area contributed by atoms with Crippen LogP contribution in [0, 0.1) is 0 Å². The van der Waals surface area contributed by atoms with Gasteiger partial charge in [0.2, 0.25) is 5.89 Å². The summed E-state index contributed by atoms with van der Waals surface area (Å²) in [6, 6.07) is 18.2. The molecule has 158 valence electrons. The third-order valence-electron chi connectivity index (χ3n) is 4.24. The predicted molar refractivity (Wildman–Crippen MR) is 127 cm³/mol. The lowest BCUT2D eigenvalue weighted by molar-refractivity contribution is 0.306. The molecule has 0 aliphatic rings. The highest BCUT2D eigenvalue weighted by molar-refractivity contribution is 7.98. The van der Waals surface area contributed by atoms with Crippen molar-refractivity contribution in [2.45, 2.75) is 17.6 Å². The Morgan fingerprint density at radius 1 is 0.839 bits per heavy atom. The third kappa shape index (κ3) is 5.88. The van der Waals surface area contributed by atoms with Gasteiger partial charge in [0.25, 0.3) is 5.22 Å². The van der Waals surface area contributed by atoms with Crippen LogP contribution >= 0.6 is 58.2 Å². The summed E-state index contributed by atoms with van der Waals surface area (Å²) in [5, 5.41) is 10.9. The first-order chi connectivity index (χ1) is 15.0. The number of rotatable bonds is 7. The summed E-state index contributed by atoms with van der Waals surface area (Å²) in [5.74, 6) is 1.70. The van der Waals surface area contributed by atoms with Crippen molar-refractivity contribution in [2.24, 2.45) is 0 Å². The average Bonchev–Trinajstić information content (AvgIpc) is 3.23. The van der Waals surface area contributed by atoms with E-state index in [9.17, 15) is 0 Å². The molecule has 4 nitrogen and oxygen atoms in total. The molecule has 0 N–H and O–H groups in total. The highest BCUT2D eigenvalue weighted by Crippen LogP contribution is 2.30. The molecule has 0 bridgehead atoms. The molecule has 0 saturated heterocycles. The van der Waals surface area contributed by atoms with Gasteiger partial charge in [0.05, 0.1) is 10.0 Å². The molecule has 0 spiro atoms. The van der Waals surface area contributed by atoms with E-state index in [0.29, 0.717) is 49.3 Å². The lowest BCUT2D eigenvalue weighted by Gasteiger charge is -2.08. The van der Waals surface area contributed by atoms with Gasteiger partial charge in [-0.25, -0.2) is 0 Å². The molecular formula is C22H14Cl4N2O2S. The first kappa shape index (κ1) is 22.3. The van der Waals surface area contributed by atoms with Gasteiger partial charge in [-0.2, -0.15) is 0 Å². The molecule has 0 atom stereocenters. The highest BCUT2D eigenvalue weighted by atomic mass is 35.5. The Kier molecular flexibility index (Phi) is 7.31. The highest BCUT2D eigenvalue weighted by Gasteiger charge is 2.11. The minimum absolute atomic E-state index is 0.314. The SMILES string of the molecule is Clc1ccc(COc2cccc(-c3nnc(SCc4ccc(Cl)c(Cl)c4)o3)c2)c(Cl)c1. The van der Waals surface area contributed by atoms with Crippen LogP contribution in [-0.2, 0) is 12.4 Å². The quantitative estimate of drug-likeness (QED) is 0.234. The monoisotopic (exact) mass is 510 g/mol. The van der Waals surface area contributed by atoms with Crippen molar-refractivity contribution in [3.05, 3.63) is 91.9 Å². The number of benzene rings is 3. The van der Waals surface area contributed by atoms with E-state index in [0.717, 1.165) is 16.7 Å². The first-order valence-corrected chi connectivity index (χ1v) is 11.5. The van der Waals surface area contributed by atoms with Gasteiger partial charge in [-0.15, -0.1) is 10.2 Å². The van der Waals surface area contributed by atoms with Gasteiger partial charge < -0.3 is 9.15 Å². The number of ether oxygens (including phenoxy) is 1. The second-order valence-electron chi connectivity index (χ2n) is 6.46. The van der Waals surface area contributed by atoms with Crippen molar-refractivity contribution in [2.75, 3.05) is 0 Å². The Morgan fingerprint density at radius 2 is 1.71 bits per heavy atom. The molecule has 0 amide bonds. The molecule has 0 aliphatic heterocycles. The summed E-state index contributed by atoms with van der Waals surface area (Å²) in [6.45, 7) is 0.314. The Hall–Kier alpha value is -1.89. The van der Waals surface area contributed by atoms with E-state index in [1.165, 1.54) is 11.8 Å². The fourth-order valence-corrected chi connectivity index (χ4v) is 4.17. The largest absolute Gasteiger partial charge is 0.489 e. The molecule has 31 heavy (non-hydrogen) atoms. The van der Waals surface area contributed by atoms with Gasteiger partial charge in [-0.05, 0) is 48.0 Å². The molecule has 0 unspecified atom stereocenters. The molecule has 3 aromatic carbocycles. The minimum Gasteiger partial charge on any atom is -0.489 e. The lowest BCUT2D eigenvalue weighted by Crippen LogP contribution is -1.96. The van der Waals surface area contributed by atoms with Crippen LogP contribution in [0.5, 0.6) is 5.75 Å². The molecule has 1 heterocycles. The molecule has 4 rings (SSSR count). The van der Waals surface area contributed by atoms with Crippen molar-refractivity contribution < 1.29 is 9.15 Å². The maximum Gasteiger partial charge on any atom is 0.277 e. The van der Waals surface area contributed by atoms with Crippen LogP contribution in [0.3, 0.4) is 0 Å². The summed E-state index contributed by atoms with van der Waals surface area (Å²) in [7, 11) is 0. The fourth-order valence-electron chi connectivity index (χ4n) is 2.68. The zero-order valence-electron chi connectivity index (χ0n) is 15.8. The van der Waals surface area contributed by atoms with Gasteiger partial charge in [-0.3, -0.25) is 0 Å². The summed E-state index contributed by atoms with van der Waals surface area (Å²) >= 11 is 25.6. The fraction of sp³-hybridized carbons (Fsp3) is 0.0909. The lowest BCUT2D eigenvalue weighted by atomic mass is 10.2. The molecule has 1 aromatic heterocycles. The van der Waals surface area contributed by atoms with Crippen molar-refractivity contribution in [3.63, 3.8) is 0 Å². The Bertz CT molecular complexity index is 1220. The standard InChI is InChI=1S/C22H14Cl4N2O2S/c23-16-6-5-15(19(25)10-16)11-29-17-3-1-2-14(9-17)21-27-28-22(30-21)31-12-13-4-7-18(24)20(26)8-13/h1-10H,11-12H2. The van der Waals surface area contributed by atoms with Crippen LogP contribution in [0.4, 0.5) is 0 Å². The van der Waals surface area contributed by atoms with Crippen LogP contribution in [0.15, 0.2) is 70.3 Å². The molecule has 0 saturated carbocycles. The first-order valence-electron chi connectivity index (χ1n) is 9.05. The summed E-state index contributed by atoms with van der Waals surface area (Å²) in [5.41, 5.74) is 2.61. The maximum absolute atomic E-state index is 6.20. The van der Waals surface area contributed by atoms with E-state index in [4.69, 9.17) is 55.6 Å². The smallest absolute Gasteiger partial charge is 0.277 e. The van der Waals surface area contributed by atoms with E-state index in [-0.39, 0.29) is 0 Å². The van der Waals surface area contributed by atoms with Crippen molar-refractivity contribution in [1.29, 1.82) is 0 Å². The zero-order valence-corrected chi connectivity index (χ0v) is 19.7. The summed E-state index contributed by atoms with van der Waals surface area (Å²) < 4.78 is 11.6. The Balaban J connectivity index is 1.40. The van der Waals surface area contributed by atoms with Crippen molar-refractivity contribution in [1.82, 2.24) is 10.2 Å². The zero-order chi connectivity index (χ0) is 21.8. The normalized spacial score (nSPS) is 11.0. The van der Waals surface area contributed by atoms with Crippen LogP contribution in [0.1, 0.15) is 11.1 Å². The van der Waals surface area contributed by atoms with Crippen molar-refractivity contribution in [3.8, 4) is 17.2 Å². The van der Waals surface area contributed by atoms with E-state index < -0.39 is 0 Å². The Morgan fingerprint density at radius 3 is 2.52 bits per heavy atom. The van der Waals surface area contributed by atoms with Crippen molar-refractivity contribution >= 4 is 58.2 Å². The van der Waals surface area contributed by atoms with Gasteiger partial charge >= 0.3 is 0 Å². The molecule has 0 fully saturated rings. The molecular weight excluding hydrogens is 498 g/mol. The number of thioether (sulfide) groups is 1. The molecule has 0 aliphatic carbocycles. The van der Waals surface area contributed by atoms with E-state index in [1.54, 1.807) is 18.2 Å². The van der Waals surface area contributed by atoms with Crippen LogP contribution in [0.25, 0.3) is 11.5 Å². The number of nitrogens with zero attached hydrogens (tertiary/aromatic N) is 2. The average molecular weight is 512 g/mol. The summed E-state index contributed by atoms with van der Waals surface area (Å²) in [4.78, 5) is 0. The molecule has 4 aromatic rings. The van der Waals surface area contributed by atoms with Gasteiger partial charge in [0, 0.05) is 26.9 Å². The predicted octanol–water partition coefficient (Wildman–Crippen LogP) is 8.22. The van der Waals surface area contributed by atoms with Crippen LogP contribution < -0.4 is 4.74 Å². The Labute approximate surface area is 203 Å². The number of hydrogen-bond acceptors (Lipinski definition) is 5. The van der Waals surface area contributed by atoms with E-state index in [2.05, 4.69) is 10.2 Å². The molecule has 0 radical (unpaired) electrons. The minimum atomic E-state index is 0.314. The van der Waals surface area contributed by atoms with Gasteiger partial charge in [-0.1, -0.05) is 76.4 Å². The van der Waals surface area contributed by atoms with Gasteiger partial charge in [0.15, 0.2) is 0 Å². The van der Waals surface area contributed by atoms with E-state index >= 15 is 0 Å². The van der Waals surface area contributed by atoms with Crippen LogP contribution in [-0.4, -0.2) is 10.2 Å².